The van der Waals surface area contributed by atoms with E-state index in [0.29, 0.717) is 5.92 Å². The highest BCUT2D eigenvalue weighted by molar-refractivity contribution is 5.31. The van der Waals surface area contributed by atoms with Crippen LogP contribution in [0.25, 0.3) is 0 Å². The molecule has 1 saturated heterocycles. The van der Waals surface area contributed by atoms with Gasteiger partial charge in [-0.1, -0.05) is 6.92 Å². The van der Waals surface area contributed by atoms with Crippen LogP contribution >= 0.6 is 0 Å². The molecule has 2 atom stereocenters. The van der Waals surface area contributed by atoms with Gasteiger partial charge in [-0.2, -0.15) is 4.98 Å². The minimum atomic E-state index is 0.200. The average molecular weight is 272 g/mol. The molecule has 20 heavy (non-hydrogen) atoms. The molecule has 0 radical (unpaired) electrons. The summed E-state index contributed by atoms with van der Waals surface area (Å²) >= 11 is 0. The maximum atomic E-state index is 6.12. The fourth-order valence-corrected chi connectivity index (χ4v) is 2.48. The SMILES string of the molecule is CC1CCN(c2n[nH]c(Cc3ccncc3)n2)CC1N. The van der Waals surface area contributed by atoms with Gasteiger partial charge in [-0.05, 0) is 30.0 Å². The minimum Gasteiger partial charge on any atom is -0.338 e. The van der Waals surface area contributed by atoms with Gasteiger partial charge >= 0.3 is 0 Å². The molecular weight excluding hydrogens is 252 g/mol. The third kappa shape index (κ3) is 2.80. The van der Waals surface area contributed by atoms with Gasteiger partial charge in [0.1, 0.15) is 5.82 Å². The van der Waals surface area contributed by atoms with Crippen LogP contribution < -0.4 is 10.6 Å². The lowest BCUT2D eigenvalue weighted by molar-refractivity contribution is 0.376. The summed E-state index contributed by atoms with van der Waals surface area (Å²) in [6.07, 6.45) is 5.41. The van der Waals surface area contributed by atoms with Gasteiger partial charge in [-0.15, -0.1) is 5.10 Å². The first-order valence-electron chi connectivity index (χ1n) is 7.03. The number of nitrogens with zero attached hydrogens (tertiary/aromatic N) is 4. The minimum absolute atomic E-state index is 0.200. The van der Waals surface area contributed by atoms with Crippen molar-refractivity contribution in [3.8, 4) is 0 Å². The zero-order valence-electron chi connectivity index (χ0n) is 11.7. The zero-order chi connectivity index (χ0) is 13.9. The molecule has 0 spiro atoms. The maximum Gasteiger partial charge on any atom is 0.244 e. The van der Waals surface area contributed by atoms with Gasteiger partial charge in [-0.25, -0.2) is 0 Å². The Morgan fingerprint density at radius 2 is 2.20 bits per heavy atom. The van der Waals surface area contributed by atoms with Gasteiger partial charge in [0.15, 0.2) is 0 Å². The Labute approximate surface area is 118 Å². The lowest BCUT2D eigenvalue weighted by Gasteiger charge is -2.34. The van der Waals surface area contributed by atoms with E-state index >= 15 is 0 Å². The molecule has 2 unspecified atom stereocenters. The highest BCUT2D eigenvalue weighted by atomic mass is 15.4. The molecule has 1 aliphatic heterocycles. The standard InChI is InChI=1S/C14H20N6/c1-10-4-7-20(9-12(10)15)14-17-13(18-19-14)8-11-2-5-16-6-3-11/h2-3,5-6,10,12H,4,7-9,15H2,1H3,(H,17,18,19). The monoisotopic (exact) mass is 272 g/mol. The summed E-state index contributed by atoms with van der Waals surface area (Å²) < 4.78 is 0. The average Bonchev–Trinajstić information content (AvgIpc) is 2.91. The van der Waals surface area contributed by atoms with Crippen LogP contribution in [0, 0.1) is 5.92 Å². The van der Waals surface area contributed by atoms with Gasteiger partial charge in [0, 0.05) is 37.9 Å². The maximum absolute atomic E-state index is 6.12. The van der Waals surface area contributed by atoms with Crippen molar-refractivity contribution < 1.29 is 0 Å². The molecule has 0 saturated carbocycles. The van der Waals surface area contributed by atoms with E-state index in [4.69, 9.17) is 5.73 Å². The second-order valence-corrected chi connectivity index (χ2v) is 5.49. The smallest absolute Gasteiger partial charge is 0.244 e. The lowest BCUT2D eigenvalue weighted by Crippen LogP contribution is -2.48. The number of hydrogen-bond acceptors (Lipinski definition) is 5. The molecule has 0 bridgehead atoms. The first-order chi connectivity index (χ1) is 9.72. The van der Waals surface area contributed by atoms with Crippen LogP contribution in [0.4, 0.5) is 5.95 Å². The summed E-state index contributed by atoms with van der Waals surface area (Å²) in [5, 5.41) is 7.33. The number of anilines is 1. The summed E-state index contributed by atoms with van der Waals surface area (Å²) in [5.41, 5.74) is 7.29. The molecule has 6 heteroatoms. The quantitative estimate of drug-likeness (QED) is 0.869. The number of aromatic amines is 1. The van der Waals surface area contributed by atoms with Gasteiger partial charge in [0.05, 0.1) is 0 Å². The predicted molar refractivity (Wildman–Crippen MR) is 77.4 cm³/mol. The normalized spacial score (nSPS) is 23.0. The number of rotatable bonds is 3. The highest BCUT2D eigenvalue weighted by Gasteiger charge is 2.25. The second-order valence-electron chi connectivity index (χ2n) is 5.49. The molecule has 1 aliphatic rings. The fraction of sp³-hybridized carbons (Fsp3) is 0.500. The summed E-state index contributed by atoms with van der Waals surface area (Å²) in [5.74, 6) is 2.20. The number of H-pyrrole nitrogens is 1. The first kappa shape index (κ1) is 13.1. The molecule has 3 heterocycles. The molecule has 2 aromatic heterocycles. The van der Waals surface area contributed by atoms with Crippen molar-refractivity contribution >= 4 is 5.95 Å². The third-order valence-electron chi connectivity index (χ3n) is 3.94. The Bertz CT molecular complexity index is 552. The Kier molecular flexibility index (Phi) is 3.64. The van der Waals surface area contributed by atoms with E-state index in [9.17, 15) is 0 Å². The number of aromatic nitrogens is 4. The summed E-state index contributed by atoms with van der Waals surface area (Å²) in [6, 6.07) is 4.17. The number of hydrogen-bond donors (Lipinski definition) is 2. The molecule has 3 N–H and O–H groups in total. The van der Waals surface area contributed by atoms with Crippen molar-refractivity contribution in [3.63, 3.8) is 0 Å². The van der Waals surface area contributed by atoms with Crippen molar-refractivity contribution in [3.05, 3.63) is 35.9 Å². The van der Waals surface area contributed by atoms with Crippen LogP contribution in [0.5, 0.6) is 0 Å². The Balaban J connectivity index is 1.68. The predicted octanol–water partition coefficient (Wildman–Crippen LogP) is 0.964. The molecule has 0 aromatic carbocycles. The van der Waals surface area contributed by atoms with Gasteiger partial charge in [0.25, 0.3) is 0 Å². The van der Waals surface area contributed by atoms with Crippen LogP contribution in [-0.2, 0) is 6.42 Å². The third-order valence-corrected chi connectivity index (χ3v) is 3.94. The van der Waals surface area contributed by atoms with Crippen molar-refractivity contribution in [2.24, 2.45) is 11.7 Å². The van der Waals surface area contributed by atoms with Gasteiger partial charge in [0.2, 0.25) is 5.95 Å². The summed E-state index contributed by atoms with van der Waals surface area (Å²) in [7, 11) is 0. The summed E-state index contributed by atoms with van der Waals surface area (Å²) in [6.45, 7) is 4.00. The van der Waals surface area contributed by atoms with E-state index in [0.717, 1.165) is 37.7 Å². The van der Waals surface area contributed by atoms with Gasteiger partial charge < -0.3 is 10.6 Å². The number of pyridine rings is 1. The van der Waals surface area contributed by atoms with E-state index < -0.39 is 0 Å². The highest BCUT2D eigenvalue weighted by Crippen LogP contribution is 2.19. The topological polar surface area (TPSA) is 83.7 Å². The van der Waals surface area contributed by atoms with Crippen molar-refractivity contribution in [2.75, 3.05) is 18.0 Å². The molecule has 0 amide bonds. The number of nitrogens with two attached hydrogens (primary N) is 1. The van der Waals surface area contributed by atoms with Crippen molar-refractivity contribution in [1.82, 2.24) is 20.2 Å². The number of nitrogens with one attached hydrogen (secondary N) is 1. The van der Waals surface area contributed by atoms with Crippen LogP contribution in [-0.4, -0.2) is 39.3 Å². The van der Waals surface area contributed by atoms with Crippen LogP contribution in [0.15, 0.2) is 24.5 Å². The van der Waals surface area contributed by atoms with Crippen LogP contribution in [0.3, 0.4) is 0 Å². The molecule has 0 aliphatic carbocycles. The molecule has 106 valence electrons. The van der Waals surface area contributed by atoms with E-state index in [-0.39, 0.29) is 6.04 Å². The molecule has 2 aromatic rings. The second kappa shape index (κ2) is 5.58. The molecule has 1 fully saturated rings. The fourth-order valence-electron chi connectivity index (χ4n) is 2.48. The van der Waals surface area contributed by atoms with Crippen molar-refractivity contribution in [1.29, 1.82) is 0 Å². The Hall–Kier alpha value is -1.95. The molecule has 3 rings (SSSR count). The van der Waals surface area contributed by atoms with Crippen molar-refractivity contribution in [2.45, 2.75) is 25.8 Å². The first-order valence-corrected chi connectivity index (χ1v) is 7.03. The van der Waals surface area contributed by atoms with Crippen LogP contribution in [0.1, 0.15) is 24.7 Å². The lowest BCUT2D eigenvalue weighted by atomic mass is 9.95. The van der Waals surface area contributed by atoms with E-state index in [1.165, 1.54) is 5.56 Å². The van der Waals surface area contributed by atoms with E-state index in [1.807, 2.05) is 12.1 Å². The van der Waals surface area contributed by atoms with E-state index in [2.05, 4.69) is 32.0 Å². The molecular formula is C14H20N6. The Morgan fingerprint density at radius 1 is 1.40 bits per heavy atom. The van der Waals surface area contributed by atoms with Gasteiger partial charge in [-0.3, -0.25) is 10.1 Å². The van der Waals surface area contributed by atoms with E-state index in [1.54, 1.807) is 12.4 Å². The zero-order valence-corrected chi connectivity index (χ0v) is 11.7. The van der Waals surface area contributed by atoms with Crippen LogP contribution in [0.2, 0.25) is 0 Å². The molecule has 6 nitrogen and oxygen atoms in total. The Morgan fingerprint density at radius 3 is 2.95 bits per heavy atom. The number of piperidine rings is 1. The largest absolute Gasteiger partial charge is 0.338 e. The summed E-state index contributed by atoms with van der Waals surface area (Å²) in [4.78, 5) is 10.7.